The highest BCUT2D eigenvalue weighted by Gasteiger charge is 2.27. The molecule has 0 bridgehead atoms. The van der Waals surface area contributed by atoms with E-state index >= 15 is 0 Å². The Labute approximate surface area is 643 Å². The number of halogens is 1. The monoisotopic (exact) mass is 1520 g/mol. The second-order valence-corrected chi connectivity index (χ2v) is 23.9. The third-order valence-electron chi connectivity index (χ3n) is 15.5. The lowest BCUT2D eigenvalue weighted by atomic mass is 9.86. The standard InChI is InChI=1S/C58H48O12.C21H22O9.C9H7ClO/c59-50-39-47(37-48-38-49(64-31-34-67-54(60)27-21-42-13-5-1-6-14-42)41-53(58(48)50)70-57(63)30-24-45-19-11-4-12-20-45)46-25-26-51(65-32-35-68-55(61)28-22-43-15-7-2-8-16-43)52(40-46)66-33-36-69-56(62)29-23-44-17-9-3-10-18-44;22-3-6-27-14-10-15(25)21-16(26)12-18(30-20(21)11-14)13-1-2-17(28-7-4-23)19(9-13)29-8-5-24;10-9(11)7-6-8-4-2-1-3-5-8/h1-30,38-41H,31-37H2;1-2,9-12,22-25H,3-8H2;1-7H/b27-21+,28-22+,29-23+,30-24+;;7-6+. The number of allylic oxidation sites excluding steroid dienone is 3. The molecular weight excluding hydrogens is 1440 g/mol. The predicted octanol–water partition coefficient (Wildman–Crippen LogP) is 13.8. The number of benzene rings is 9. The summed E-state index contributed by atoms with van der Waals surface area (Å²) in [5.74, 6) is -1.08. The van der Waals surface area contributed by atoms with Crippen LogP contribution in [0, 0.1) is 0 Å². The fraction of sp³-hybridized carbons (Fsp3) is 0.148. The minimum absolute atomic E-state index is 0.00418. The molecule has 0 spiro atoms. The molecular formula is C88H77ClO22. The van der Waals surface area contributed by atoms with Crippen LogP contribution in [0.15, 0.2) is 264 Å². The number of rotatable bonds is 34. The van der Waals surface area contributed by atoms with Gasteiger partial charge in [-0.2, -0.15) is 0 Å². The molecule has 1 aliphatic carbocycles. The van der Waals surface area contributed by atoms with Gasteiger partial charge in [-0.25, -0.2) is 19.2 Å². The van der Waals surface area contributed by atoms with E-state index < -0.39 is 40.3 Å². The first-order chi connectivity index (χ1) is 54.1. The third kappa shape index (κ3) is 27.1. The summed E-state index contributed by atoms with van der Waals surface area (Å²) in [6.07, 6.45) is 16.5. The number of carbonyl (C=O) groups is 6. The maximum atomic E-state index is 14.0. The second kappa shape index (κ2) is 44.0. The second-order valence-electron chi connectivity index (χ2n) is 23.5. The Balaban J connectivity index is 0.000000281. The summed E-state index contributed by atoms with van der Waals surface area (Å²) < 4.78 is 62.0. The van der Waals surface area contributed by atoms with Crippen LogP contribution in [-0.4, -0.2) is 135 Å². The number of carbonyl (C=O) groups excluding carboxylic acids is 6. The van der Waals surface area contributed by atoms with Gasteiger partial charge in [0.2, 0.25) is 5.24 Å². The Morgan fingerprint density at radius 1 is 0.396 bits per heavy atom. The van der Waals surface area contributed by atoms with E-state index in [4.69, 9.17) is 78.7 Å². The van der Waals surface area contributed by atoms with Crippen molar-refractivity contribution in [1.29, 1.82) is 0 Å². The molecule has 10 aromatic rings. The molecule has 0 radical (unpaired) electrons. The Morgan fingerprint density at radius 2 is 0.793 bits per heavy atom. The quantitative estimate of drug-likeness (QED) is 0.00727. The number of aliphatic hydroxyl groups is 3. The number of hydrogen-bond donors (Lipinski definition) is 4. The summed E-state index contributed by atoms with van der Waals surface area (Å²) in [4.78, 5) is 87.3. The van der Waals surface area contributed by atoms with Gasteiger partial charge in [-0.05, 0) is 135 Å². The van der Waals surface area contributed by atoms with E-state index in [1.165, 1.54) is 60.7 Å². The molecule has 1 aliphatic rings. The first-order valence-corrected chi connectivity index (χ1v) is 35.2. The van der Waals surface area contributed by atoms with Gasteiger partial charge in [0.25, 0.3) is 0 Å². The lowest BCUT2D eigenvalue weighted by molar-refractivity contribution is -0.139. The maximum absolute atomic E-state index is 14.0. The molecule has 11 rings (SSSR count). The smallest absolute Gasteiger partial charge is 0.336 e. The average molecular weight is 1520 g/mol. The van der Waals surface area contributed by atoms with Crippen LogP contribution >= 0.6 is 11.6 Å². The molecule has 22 nitrogen and oxygen atoms in total. The Morgan fingerprint density at radius 3 is 1.27 bits per heavy atom. The number of esters is 4. The number of ketones is 1. The topological polar surface area (TPSA) is 306 Å². The molecule has 23 heteroatoms. The fourth-order valence-electron chi connectivity index (χ4n) is 10.5. The van der Waals surface area contributed by atoms with Crippen LogP contribution in [0.4, 0.5) is 0 Å². The minimum atomic E-state index is -0.710. The summed E-state index contributed by atoms with van der Waals surface area (Å²) >= 11 is 5.10. The van der Waals surface area contributed by atoms with E-state index in [-0.39, 0.29) is 137 Å². The van der Waals surface area contributed by atoms with Gasteiger partial charge >= 0.3 is 23.9 Å². The van der Waals surface area contributed by atoms with E-state index in [2.05, 4.69) is 0 Å². The van der Waals surface area contributed by atoms with Gasteiger partial charge in [-0.3, -0.25) is 14.4 Å². The maximum Gasteiger partial charge on any atom is 0.336 e. The van der Waals surface area contributed by atoms with Crippen LogP contribution in [0.2, 0.25) is 0 Å². The predicted molar refractivity (Wildman–Crippen MR) is 419 cm³/mol. The Kier molecular flexibility index (Phi) is 32.4. The van der Waals surface area contributed by atoms with E-state index in [0.717, 1.165) is 27.8 Å². The average Bonchev–Trinajstić information content (AvgIpc) is 0.779. The van der Waals surface area contributed by atoms with Crippen molar-refractivity contribution in [3.8, 4) is 57.3 Å². The molecule has 568 valence electrons. The normalized spacial score (nSPS) is 11.6. The minimum Gasteiger partial charge on any atom is -0.507 e. The van der Waals surface area contributed by atoms with Crippen molar-refractivity contribution in [3.63, 3.8) is 0 Å². The molecule has 1 aromatic heterocycles. The van der Waals surface area contributed by atoms with Crippen molar-refractivity contribution in [2.45, 2.75) is 6.42 Å². The Hall–Kier alpha value is -13.4. The lowest BCUT2D eigenvalue weighted by Crippen LogP contribution is -2.16. The van der Waals surface area contributed by atoms with Crippen molar-refractivity contribution >= 4 is 93.4 Å². The summed E-state index contributed by atoms with van der Waals surface area (Å²) in [5, 5.41) is 36.6. The molecule has 0 saturated carbocycles. The van der Waals surface area contributed by atoms with Crippen LogP contribution in [-0.2, 0) is 44.6 Å². The molecule has 0 unspecified atom stereocenters. The van der Waals surface area contributed by atoms with Gasteiger partial charge < -0.3 is 72.2 Å². The summed E-state index contributed by atoms with van der Waals surface area (Å²) in [7, 11) is 0. The molecule has 4 N–H and O–H groups in total. The summed E-state index contributed by atoms with van der Waals surface area (Å²) in [5.41, 5.74) is 6.35. The number of fused-ring (bicyclic) bond motifs is 2. The van der Waals surface area contributed by atoms with E-state index in [0.29, 0.717) is 39.5 Å². The number of hydrogen-bond acceptors (Lipinski definition) is 22. The van der Waals surface area contributed by atoms with E-state index in [9.17, 15) is 38.7 Å². The van der Waals surface area contributed by atoms with E-state index in [1.54, 1.807) is 72.8 Å². The van der Waals surface area contributed by atoms with Gasteiger partial charge in [0.15, 0.2) is 34.2 Å². The largest absolute Gasteiger partial charge is 0.507 e. The molecule has 111 heavy (non-hydrogen) atoms. The molecule has 0 fully saturated rings. The number of aliphatic hydroxyl groups excluding tert-OH is 3. The number of phenols is 1. The lowest BCUT2D eigenvalue weighted by Gasteiger charge is -2.21. The van der Waals surface area contributed by atoms with Crippen molar-refractivity contribution < 1.29 is 101 Å². The molecule has 0 saturated heterocycles. The zero-order valence-electron chi connectivity index (χ0n) is 59.8. The number of phenolic OH excluding ortho intramolecular Hbond substituents is 1. The van der Waals surface area contributed by atoms with Gasteiger partial charge in [0.1, 0.15) is 99.2 Å². The first kappa shape index (κ1) is 81.7. The van der Waals surface area contributed by atoms with Crippen molar-refractivity contribution in [2.75, 3.05) is 79.3 Å². The SMILES string of the molecule is O=C(/C=C/c1ccccc1)OCCOc1cc2c(c(OC(=O)/C=C/c3ccccc3)c1)C(=O)C=C(c1ccc(OCCOC(=O)/C=C/c3ccccc3)c(OCCOC(=O)/C=C/c3ccccc3)c1)C2.O=C(Cl)/C=C/c1ccccc1.O=c1cc(-c2ccc(OCCO)c(OCCO)c2)oc2cc(OCCO)cc(O)c12. The van der Waals surface area contributed by atoms with E-state index in [1.807, 2.05) is 152 Å². The molecule has 0 aliphatic heterocycles. The first-order valence-electron chi connectivity index (χ1n) is 34.8. The van der Waals surface area contributed by atoms with Crippen molar-refractivity contribution in [1.82, 2.24) is 0 Å². The Bertz CT molecular complexity index is 5010. The highest BCUT2D eigenvalue weighted by atomic mass is 35.5. The van der Waals surface area contributed by atoms with Crippen LogP contribution in [0.3, 0.4) is 0 Å². The van der Waals surface area contributed by atoms with Crippen LogP contribution in [0.5, 0.6) is 46.0 Å². The van der Waals surface area contributed by atoms with Gasteiger partial charge in [-0.15, -0.1) is 0 Å². The summed E-state index contributed by atoms with van der Waals surface area (Å²) in [6.45, 7) is -0.787. The van der Waals surface area contributed by atoms with Gasteiger partial charge in [-0.1, -0.05) is 164 Å². The molecule has 0 atom stereocenters. The zero-order valence-corrected chi connectivity index (χ0v) is 60.6. The fourth-order valence-corrected chi connectivity index (χ4v) is 10.6. The highest BCUT2D eigenvalue weighted by molar-refractivity contribution is 6.66. The van der Waals surface area contributed by atoms with Crippen LogP contribution < -0.4 is 38.6 Å². The highest BCUT2D eigenvalue weighted by Crippen LogP contribution is 2.40. The summed E-state index contributed by atoms with van der Waals surface area (Å²) in [6, 6.07) is 63.8. The van der Waals surface area contributed by atoms with Crippen LogP contribution in [0.25, 0.3) is 58.2 Å². The van der Waals surface area contributed by atoms with Gasteiger partial charge in [0, 0.05) is 54.1 Å². The number of aromatic hydroxyl groups is 1. The van der Waals surface area contributed by atoms with Crippen LogP contribution in [0.1, 0.15) is 49.3 Å². The third-order valence-corrected chi connectivity index (χ3v) is 15.6. The molecule has 0 amide bonds. The number of ether oxygens (including phenoxy) is 10. The molecule has 9 aromatic carbocycles. The van der Waals surface area contributed by atoms with Crippen molar-refractivity contribution in [3.05, 3.63) is 310 Å². The van der Waals surface area contributed by atoms with Gasteiger partial charge in [0.05, 0.1) is 25.4 Å². The molecule has 1 heterocycles. The van der Waals surface area contributed by atoms with Crippen molar-refractivity contribution in [2.24, 2.45) is 0 Å². The zero-order chi connectivity index (χ0) is 78.4.